The van der Waals surface area contributed by atoms with Crippen LogP contribution < -0.4 is 10.6 Å². The minimum absolute atomic E-state index is 0.147. The molecule has 0 saturated carbocycles. The van der Waals surface area contributed by atoms with Crippen LogP contribution in [0.25, 0.3) is 11.0 Å². The number of hydrogen-bond donors (Lipinski definition) is 2. The molecule has 3 aromatic rings. The van der Waals surface area contributed by atoms with Crippen molar-refractivity contribution in [3.8, 4) is 0 Å². The van der Waals surface area contributed by atoms with Crippen LogP contribution in [0.5, 0.6) is 0 Å². The molecule has 0 atom stereocenters. The van der Waals surface area contributed by atoms with Crippen LogP contribution in [0.3, 0.4) is 0 Å². The second kappa shape index (κ2) is 8.88. The number of anilines is 1. The van der Waals surface area contributed by atoms with Crippen molar-refractivity contribution in [3.05, 3.63) is 89.7 Å². The first-order chi connectivity index (χ1) is 13.9. The number of urea groups is 1. The minimum Gasteiger partial charge on any atom is -0.312 e. The maximum absolute atomic E-state index is 13.2. The van der Waals surface area contributed by atoms with Crippen LogP contribution >= 0.6 is 0 Å². The highest BCUT2D eigenvalue weighted by Crippen LogP contribution is 2.15. The van der Waals surface area contributed by atoms with Crippen molar-refractivity contribution in [3.63, 3.8) is 0 Å². The zero-order valence-corrected chi connectivity index (χ0v) is 15.9. The van der Waals surface area contributed by atoms with E-state index in [-0.39, 0.29) is 5.78 Å². The summed E-state index contributed by atoms with van der Waals surface area (Å²) in [6, 6.07) is 10.2. The highest BCUT2D eigenvalue weighted by molar-refractivity contribution is 6.09. The monoisotopic (exact) mass is 390 g/mol. The van der Waals surface area contributed by atoms with E-state index in [4.69, 9.17) is 0 Å². The van der Waals surface area contributed by atoms with Crippen molar-refractivity contribution >= 4 is 28.5 Å². The summed E-state index contributed by atoms with van der Waals surface area (Å²) in [6.45, 7) is 3.38. The average molecular weight is 390 g/mol. The normalized spacial score (nSPS) is 12.0. The Morgan fingerprint density at radius 3 is 2.48 bits per heavy atom. The molecule has 3 rings (SSSR count). The van der Waals surface area contributed by atoms with Gasteiger partial charge in [0.2, 0.25) is 0 Å². The summed E-state index contributed by atoms with van der Waals surface area (Å²) in [5.74, 6) is -0.586. The van der Waals surface area contributed by atoms with Gasteiger partial charge < -0.3 is 10.6 Å². The van der Waals surface area contributed by atoms with Gasteiger partial charge >= 0.3 is 6.03 Å². The number of halogens is 1. The van der Waals surface area contributed by atoms with Crippen molar-refractivity contribution in [1.82, 2.24) is 15.3 Å². The summed E-state index contributed by atoms with van der Waals surface area (Å²) in [5, 5.41) is 5.16. The first kappa shape index (κ1) is 19.9. The van der Waals surface area contributed by atoms with E-state index in [2.05, 4.69) is 20.6 Å². The number of carbonyl (C=O) groups excluding carboxylic acids is 2. The molecule has 0 spiro atoms. The number of benzene rings is 2. The largest absolute Gasteiger partial charge is 0.323 e. The summed E-state index contributed by atoms with van der Waals surface area (Å²) in [5.41, 5.74) is 3.24. The Labute approximate surface area is 167 Å². The number of nitrogens with zero attached hydrogens (tertiary/aromatic N) is 2. The number of amides is 2. The van der Waals surface area contributed by atoms with E-state index in [9.17, 15) is 14.0 Å². The van der Waals surface area contributed by atoms with Gasteiger partial charge in [0, 0.05) is 29.3 Å². The van der Waals surface area contributed by atoms with Gasteiger partial charge in [0.05, 0.1) is 11.0 Å². The van der Waals surface area contributed by atoms with Gasteiger partial charge in [-0.3, -0.25) is 14.8 Å². The second-order valence-corrected chi connectivity index (χ2v) is 6.38. The molecular weight excluding hydrogens is 371 g/mol. The first-order valence-corrected chi connectivity index (χ1v) is 8.86. The molecule has 1 aromatic heterocycles. The van der Waals surface area contributed by atoms with Gasteiger partial charge in [-0.05, 0) is 61.9 Å². The van der Waals surface area contributed by atoms with E-state index in [1.165, 1.54) is 18.2 Å². The third-order valence-corrected chi connectivity index (χ3v) is 4.07. The summed E-state index contributed by atoms with van der Waals surface area (Å²) >= 11 is 0. The highest BCUT2D eigenvalue weighted by Gasteiger charge is 2.09. The molecule has 0 fully saturated rings. The molecule has 0 aliphatic carbocycles. The van der Waals surface area contributed by atoms with Gasteiger partial charge in [0.15, 0.2) is 5.78 Å². The Balaban J connectivity index is 1.65. The summed E-state index contributed by atoms with van der Waals surface area (Å²) in [6.07, 6.45) is 6.42. The van der Waals surface area contributed by atoms with E-state index >= 15 is 0 Å². The quantitative estimate of drug-likeness (QED) is 0.378. The molecule has 29 heavy (non-hydrogen) atoms. The smallest absolute Gasteiger partial charge is 0.312 e. The molecular formula is C22H19FN4O2. The number of hydrogen-bond acceptors (Lipinski definition) is 4. The summed E-state index contributed by atoms with van der Waals surface area (Å²) < 4.78 is 13.2. The fourth-order valence-corrected chi connectivity index (χ4v) is 2.61. The number of rotatable bonds is 5. The molecule has 0 unspecified atom stereocenters. The van der Waals surface area contributed by atoms with Gasteiger partial charge in [-0.15, -0.1) is 0 Å². The molecule has 2 aromatic carbocycles. The van der Waals surface area contributed by atoms with Gasteiger partial charge in [-0.1, -0.05) is 12.1 Å². The molecule has 146 valence electrons. The molecule has 0 radical (unpaired) electrons. The Morgan fingerprint density at radius 1 is 0.966 bits per heavy atom. The van der Waals surface area contributed by atoms with Gasteiger partial charge in [0.1, 0.15) is 5.82 Å². The maximum atomic E-state index is 13.2. The lowest BCUT2D eigenvalue weighted by atomic mass is 10.0. The Hall–Kier alpha value is -3.87. The molecule has 0 aliphatic heterocycles. The molecule has 6 nitrogen and oxygen atoms in total. The summed E-state index contributed by atoms with van der Waals surface area (Å²) in [4.78, 5) is 33.0. The Kier molecular flexibility index (Phi) is 6.09. The van der Waals surface area contributed by atoms with Crippen molar-refractivity contribution < 1.29 is 14.0 Å². The van der Waals surface area contributed by atoms with Crippen LogP contribution in [0, 0.1) is 5.82 Å². The highest BCUT2D eigenvalue weighted by atomic mass is 19.1. The Morgan fingerprint density at radius 2 is 1.72 bits per heavy atom. The Bertz CT molecular complexity index is 1140. The van der Waals surface area contributed by atoms with Gasteiger partial charge in [0.25, 0.3) is 0 Å². The maximum Gasteiger partial charge on any atom is 0.323 e. The zero-order valence-electron chi connectivity index (χ0n) is 15.9. The van der Waals surface area contributed by atoms with E-state index in [1.807, 2.05) is 0 Å². The van der Waals surface area contributed by atoms with Crippen LogP contribution in [0.1, 0.15) is 24.2 Å². The molecule has 0 aliphatic rings. The van der Waals surface area contributed by atoms with Crippen LogP contribution in [0.2, 0.25) is 0 Å². The SMILES string of the molecule is C/C(=C\C=C(/C)C(=O)c1ccc2nccnc2c1)NC(=O)Nc1cccc(F)c1. The fraction of sp³-hybridized carbons (Fsp3) is 0.0909. The predicted octanol–water partition coefficient (Wildman–Crippen LogP) is 4.62. The van der Waals surface area contributed by atoms with Crippen LogP contribution in [0.15, 0.2) is 78.3 Å². The number of allylic oxidation sites excluding steroid dienone is 4. The van der Waals surface area contributed by atoms with Crippen molar-refractivity contribution in [1.29, 1.82) is 0 Å². The van der Waals surface area contributed by atoms with E-state index in [0.29, 0.717) is 28.0 Å². The van der Waals surface area contributed by atoms with Crippen molar-refractivity contribution in [2.75, 3.05) is 5.32 Å². The molecule has 1 heterocycles. The molecule has 2 amide bonds. The van der Waals surface area contributed by atoms with Gasteiger partial charge in [-0.25, -0.2) is 9.18 Å². The number of aromatic nitrogens is 2. The number of ketones is 1. The lowest BCUT2D eigenvalue weighted by molar-refractivity contribution is 0.103. The van der Waals surface area contributed by atoms with Crippen molar-refractivity contribution in [2.45, 2.75) is 13.8 Å². The van der Waals surface area contributed by atoms with E-state index < -0.39 is 11.8 Å². The lowest BCUT2D eigenvalue weighted by Gasteiger charge is -2.07. The van der Waals surface area contributed by atoms with E-state index in [0.717, 1.165) is 5.52 Å². The zero-order chi connectivity index (χ0) is 20.8. The summed E-state index contributed by atoms with van der Waals surface area (Å²) in [7, 11) is 0. The van der Waals surface area contributed by atoms with Crippen molar-refractivity contribution in [2.24, 2.45) is 0 Å². The number of carbonyl (C=O) groups is 2. The van der Waals surface area contributed by atoms with Crippen LogP contribution in [-0.4, -0.2) is 21.8 Å². The van der Waals surface area contributed by atoms with Gasteiger partial charge in [-0.2, -0.15) is 0 Å². The molecule has 2 N–H and O–H groups in total. The lowest BCUT2D eigenvalue weighted by Crippen LogP contribution is -2.27. The standard InChI is InChI=1S/C22H19FN4O2/c1-14(21(28)16-8-9-19-20(12-16)25-11-10-24-19)6-7-15(2)26-22(29)27-18-5-3-4-17(23)13-18/h3-13H,1-2H3,(H2,26,27,29)/b14-6+,15-7+. The molecule has 0 bridgehead atoms. The molecule has 0 saturated heterocycles. The first-order valence-electron chi connectivity index (χ1n) is 8.86. The second-order valence-electron chi connectivity index (χ2n) is 6.38. The van der Waals surface area contributed by atoms with Crippen LogP contribution in [0.4, 0.5) is 14.9 Å². The number of nitrogens with one attached hydrogen (secondary N) is 2. The fourth-order valence-electron chi connectivity index (χ4n) is 2.61. The molecule has 7 heteroatoms. The van der Waals surface area contributed by atoms with Crippen LogP contribution in [-0.2, 0) is 0 Å². The van der Waals surface area contributed by atoms with E-state index in [1.54, 1.807) is 62.7 Å². The number of fused-ring (bicyclic) bond motifs is 1. The third-order valence-electron chi connectivity index (χ3n) is 4.07. The topological polar surface area (TPSA) is 84.0 Å². The minimum atomic E-state index is -0.505. The number of Topliss-reactive ketones (excluding diaryl/α,β-unsaturated/α-hetero) is 1. The third kappa shape index (κ3) is 5.32. The predicted molar refractivity (Wildman–Crippen MR) is 110 cm³/mol. The average Bonchev–Trinajstić information content (AvgIpc) is 2.71.